The molecule has 0 spiro atoms. The summed E-state index contributed by atoms with van der Waals surface area (Å²) in [6.45, 7) is 10.5. The topological polar surface area (TPSA) is 60.7 Å². The van der Waals surface area contributed by atoms with Crippen molar-refractivity contribution >= 4 is 11.8 Å². The number of allylic oxidation sites excluding steroid dienone is 4. The Labute approximate surface area is 199 Å². The van der Waals surface area contributed by atoms with E-state index in [1.165, 1.54) is 18.4 Å². The molecule has 4 atom stereocenters. The Morgan fingerprint density at radius 3 is 2.72 bits per heavy atom. The highest BCUT2D eigenvalue weighted by Gasteiger charge is 2.44. The Morgan fingerprint density at radius 1 is 1.25 bits per heavy atom. The second kappa shape index (κ2) is 10.9. The number of thioether (sulfide) groups is 1. The maximum absolute atomic E-state index is 10.4. The second-order valence-corrected chi connectivity index (χ2v) is 11.1. The standard InChI is InChI=1S/C28H42O3S/c1-5-28(31,6-2)15-8-16-32-19-23-12-13-25-21(9-7-14-27(23,25)4)10-11-22-17-24(29)18-26(30)20(22)3/h8,10-12,15,24-26,29-31H,3,5-7,9,13-14,16-19H2,1-2,4H3/t24-,25+,26+,27-/m1/s1. The molecule has 3 rings (SSSR count). The van der Waals surface area contributed by atoms with Gasteiger partial charge in [0.05, 0.1) is 17.8 Å². The average Bonchev–Trinajstić information content (AvgIpc) is 3.11. The highest BCUT2D eigenvalue weighted by atomic mass is 32.2. The Morgan fingerprint density at radius 2 is 2.00 bits per heavy atom. The van der Waals surface area contributed by atoms with E-state index >= 15 is 0 Å². The van der Waals surface area contributed by atoms with Crippen LogP contribution in [0.1, 0.15) is 72.1 Å². The number of hydrogen-bond donors (Lipinski definition) is 3. The molecular weight excluding hydrogens is 416 g/mol. The Balaban J connectivity index is 1.62. The zero-order valence-electron chi connectivity index (χ0n) is 20.1. The van der Waals surface area contributed by atoms with E-state index in [0.717, 1.165) is 48.3 Å². The molecule has 3 N–H and O–H groups in total. The molecule has 0 saturated heterocycles. The summed E-state index contributed by atoms with van der Waals surface area (Å²) < 4.78 is 0. The van der Waals surface area contributed by atoms with E-state index in [0.29, 0.717) is 18.8 Å². The fourth-order valence-electron chi connectivity index (χ4n) is 5.58. The Hall–Kier alpha value is -1.07. The van der Waals surface area contributed by atoms with Gasteiger partial charge < -0.3 is 15.3 Å². The molecule has 0 amide bonds. The predicted octanol–water partition coefficient (Wildman–Crippen LogP) is 5.89. The second-order valence-electron chi connectivity index (χ2n) is 10.1. The first-order valence-corrected chi connectivity index (χ1v) is 13.5. The fraction of sp³-hybridized carbons (Fsp3) is 0.643. The van der Waals surface area contributed by atoms with Crippen molar-refractivity contribution in [1.82, 2.24) is 0 Å². The van der Waals surface area contributed by atoms with Crippen LogP contribution in [-0.2, 0) is 0 Å². The highest BCUT2D eigenvalue weighted by molar-refractivity contribution is 7.99. The van der Waals surface area contributed by atoms with Crippen LogP contribution in [0.5, 0.6) is 0 Å². The van der Waals surface area contributed by atoms with E-state index in [-0.39, 0.29) is 5.41 Å². The molecule has 3 aliphatic rings. The van der Waals surface area contributed by atoms with E-state index in [2.05, 4.69) is 37.8 Å². The van der Waals surface area contributed by atoms with E-state index in [4.69, 9.17) is 0 Å². The number of aliphatic hydroxyl groups excluding tert-OH is 2. The summed E-state index contributed by atoms with van der Waals surface area (Å²) in [7, 11) is 0. The molecule has 2 saturated carbocycles. The van der Waals surface area contributed by atoms with Crippen molar-refractivity contribution in [3.05, 3.63) is 59.3 Å². The minimum Gasteiger partial charge on any atom is -0.393 e. The molecule has 0 aromatic heterocycles. The largest absolute Gasteiger partial charge is 0.393 e. The van der Waals surface area contributed by atoms with Gasteiger partial charge in [-0.15, -0.1) is 0 Å². The SMILES string of the molecule is C=C1C(=CC=C2CCC[C@]3(C)C(CSCC=CC(O)(CC)CC)=CC[C@@H]23)C[C@@H](O)C[C@@H]1O. The molecule has 0 radical (unpaired) electrons. The summed E-state index contributed by atoms with van der Waals surface area (Å²) in [4.78, 5) is 0. The van der Waals surface area contributed by atoms with Gasteiger partial charge in [0.2, 0.25) is 0 Å². The summed E-state index contributed by atoms with van der Waals surface area (Å²) in [6.07, 6.45) is 17.0. The summed E-state index contributed by atoms with van der Waals surface area (Å²) in [5.74, 6) is 2.54. The van der Waals surface area contributed by atoms with Crippen molar-refractivity contribution in [3.63, 3.8) is 0 Å². The predicted molar refractivity (Wildman–Crippen MR) is 137 cm³/mol. The Bertz CT molecular complexity index is 801. The molecule has 0 heterocycles. The number of aliphatic hydroxyl groups is 3. The smallest absolute Gasteiger partial charge is 0.0822 e. The summed E-state index contributed by atoms with van der Waals surface area (Å²) in [5.41, 5.74) is 4.41. The van der Waals surface area contributed by atoms with Crippen LogP contribution in [0.2, 0.25) is 0 Å². The first-order valence-electron chi connectivity index (χ1n) is 12.3. The minimum atomic E-state index is -0.655. The Kier molecular flexibility index (Phi) is 8.71. The van der Waals surface area contributed by atoms with Gasteiger partial charge in [-0.1, -0.05) is 68.9 Å². The maximum atomic E-state index is 10.4. The van der Waals surface area contributed by atoms with E-state index in [9.17, 15) is 15.3 Å². The van der Waals surface area contributed by atoms with E-state index < -0.39 is 17.8 Å². The van der Waals surface area contributed by atoms with Gasteiger partial charge in [-0.2, -0.15) is 11.8 Å². The molecule has 0 aromatic carbocycles. The monoisotopic (exact) mass is 458 g/mol. The third kappa shape index (κ3) is 5.70. The van der Waals surface area contributed by atoms with Gasteiger partial charge in [0, 0.05) is 17.9 Å². The average molecular weight is 459 g/mol. The third-order valence-corrected chi connectivity index (χ3v) is 9.04. The van der Waals surface area contributed by atoms with Gasteiger partial charge in [0.25, 0.3) is 0 Å². The van der Waals surface area contributed by atoms with Gasteiger partial charge in [-0.3, -0.25) is 0 Å². The summed E-state index contributed by atoms with van der Waals surface area (Å²) in [5, 5.41) is 30.6. The first-order chi connectivity index (χ1) is 15.2. The van der Waals surface area contributed by atoms with Gasteiger partial charge >= 0.3 is 0 Å². The van der Waals surface area contributed by atoms with Crippen LogP contribution in [0.25, 0.3) is 0 Å². The molecule has 3 nitrogen and oxygen atoms in total. The van der Waals surface area contributed by atoms with Crippen LogP contribution >= 0.6 is 11.8 Å². The first kappa shape index (κ1) is 25.6. The van der Waals surface area contributed by atoms with Gasteiger partial charge in [-0.05, 0) is 67.4 Å². The van der Waals surface area contributed by atoms with Gasteiger partial charge in [0.1, 0.15) is 0 Å². The maximum Gasteiger partial charge on any atom is 0.0822 e. The normalized spacial score (nSPS) is 33.9. The molecule has 0 aromatic rings. The molecule has 0 bridgehead atoms. The van der Waals surface area contributed by atoms with Gasteiger partial charge in [0.15, 0.2) is 0 Å². The van der Waals surface area contributed by atoms with Crippen molar-refractivity contribution in [2.75, 3.05) is 11.5 Å². The van der Waals surface area contributed by atoms with Crippen molar-refractivity contribution in [2.24, 2.45) is 11.3 Å². The summed E-state index contributed by atoms with van der Waals surface area (Å²) >= 11 is 1.94. The quantitative estimate of drug-likeness (QED) is 0.314. The van der Waals surface area contributed by atoms with Crippen LogP contribution < -0.4 is 0 Å². The molecule has 178 valence electrons. The summed E-state index contributed by atoms with van der Waals surface area (Å²) in [6, 6.07) is 0. The van der Waals surface area contributed by atoms with Crippen molar-refractivity contribution in [2.45, 2.75) is 89.9 Å². The molecule has 2 fully saturated rings. The molecule has 3 aliphatic carbocycles. The van der Waals surface area contributed by atoms with Gasteiger partial charge in [-0.25, -0.2) is 0 Å². The zero-order chi connectivity index (χ0) is 23.4. The lowest BCUT2D eigenvalue weighted by Gasteiger charge is -2.41. The van der Waals surface area contributed by atoms with Crippen molar-refractivity contribution in [1.29, 1.82) is 0 Å². The lowest BCUT2D eigenvalue weighted by Crippen LogP contribution is -2.31. The highest BCUT2D eigenvalue weighted by Crippen LogP contribution is 2.55. The number of fused-ring (bicyclic) bond motifs is 1. The van der Waals surface area contributed by atoms with E-state index in [1.807, 2.05) is 31.7 Å². The fourth-order valence-corrected chi connectivity index (χ4v) is 6.60. The number of rotatable bonds is 8. The van der Waals surface area contributed by atoms with Crippen molar-refractivity contribution < 1.29 is 15.3 Å². The van der Waals surface area contributed by atoms with Crippen LogP contribution in [0.4, 0.5) is 0 Å². The lowest BCUT2D eigenvalue weighted by atomic mass is 9.64. The number of hydrogen-bond acceptors (Lipinski definition) is 4. The minimum absolute atomic E-state index is 0.232. The van der Waals surface area contributed by atoms with Crippen LogP contribution in [0, 0.1) is 11.3 Å². The van der Waals surface area contributed by atoms with Crippen molar-refractivity contribution in [3.8, 4) is 0 Å². The van der Waals surface area contributed by atoms with E-state index in [1.54, 1.807) is 5.57 Å². The molecule has 0 unspecified atom stereocenters. The molecule has 4 heteroatoms. The molecule has 0 aliphatic heterocycles. The third-order valence-electron chi connectivity index (χ3n) is 8.10. The van der Waals surface area contributed by atoms with Crippen LogP contribution in [0.15, 0.2) is 59.3 Å². The zero-order valence-corrected chi connectivity index (χ0v) is 21.0. The molecular formula is C28H42O3S. The van der Waals surface area contributed by atoms with Crippen LogP contribution in [0.3, 0.4) is 0 Å². The molecule has 32 heavy (non-hydrogen) atoms. The lowest BCUT2D eigenvalue weighted by molar-refractivity contribution is 0.0826. The van der Waals surface area contributed by atoms with Crippen LogP contribution in [-0.4, -0.2) is 44.6 Å².